The Morgan fingerprint density at radius 3 is 1.59 bits per heavy atom. The van der Waals surface area contributed by atoms with Crippen LogP contribution in [0.5, 0.6) is 12.0 Å². The summed E-state index contributed by atoms with van der Waals surface area (Å²) in [5, 5.41) is 3.74. The first-order chi connectivity index (χ1) is 16.6. The Balaban J connectivity index is 0.000000192. The molecule has 0 aromatic carbocycles. The highest BCUT2D eigenvalue weighted by Gasteiger charge is 2.22. The summed E-state index contributed by atoms with van der Waals surface area (Å²) in [5.41, 5.74) is 16.5. The van der Waals surface area contributed by atoms with E-state index in [1.807, 2.05) is 12.4 Å². The average Bonchev–Trinajstić information content (AvgIpc) is 2.88. The lowest BCUT2D eigenvalue weighted by Crippen LogP contribution is -2.32. The summed E-state index contributed by atoms with van der Waals surface area (Å²) < 4.78 is 11.4. The monoisotopic (exact) mass is 468 g/mol. The maximum atomic E-state index is 8.38. The Morgan fingerprint density at radius 1 is 0.794 bits per heavy atom. The van der Waals surface area contributed by atoms with Crippen LogP contribution in [0.25, 0.3) is 10.4 Å². The Bertz CT molecular complexity index is 886. The molecule has 2 aromatic heterocycles. The molecule has 2 heterocycles. The van der Waals surface area contributed by atoms with E-state index in [4.69, 9.17) is 20.7 Å². The van der Waals surface area contributed by atoms with Crippen LogP contribution in [-0.4, -0.2) is 44.2 Å². The maximum Gasteiger partial charge on any atom is 0.316 e. The van der Waals surface area contributed by atoms with Gasteiger partial charge in [-0.05, 0) is 80.9 Å². The minimum Gasteiger partial charge on any atom is -0.460 e. The van der Waals surface area contributed by atoms with Gasteiger partial charge >= 0.3 is 12.0 Å². The number of azide groups is 1. The highest BCUT2D eigenvalue weighted by atomic mass is 16.5. The molecule has 0 amide bonds. The van der Waals surface area contributed by atoms with E-state index in [-0.39, 0.29) is 18.2 Å². The zero-order chi connectivity index (χ0) is 24.2. The molecule has 34 heavy (non-hydrogen) atoms. The lowest BCUT2D eigenvalue weighted by molar-refractivity contribution is 0.134. The number of nitrogens with two attached hydrogens (primary N) is 1. The van der Waals surface area contributed by atoms with Crippen molar-refractivity contribution in [3.05, 3.63) is 46.4 Å². The second-order valence-electron chi connectivity index (χ2n) is 8.86. The van der Waals surface area contributed by atoms with E-state index in [0.717, 1.165) is 75.3 Å². The van der Waals surface area contributed by atoms with Crippen molar-refractivity contribution in [1.82, 2.24) is 19.9 Å². The van der Waals surface area contributed by atoms with Gasteiger partial charge in [-0.15, -0.1) is 0 Å². The fraction of sp³-hybridized carbons (Fsp3) is 0.667. The van der Waals surface area contributed by atoms with E-state index in [0.29, 0.717) is 18.1 Å². The lowest BCUT2D eigenvalue weighted by Gasteiger charge is -2.25. The molecule has 0 saturated heterocycles. The van der Waals surface area contributed by atoms with Crippen LogP contribution >= 0.6 is 0 Å². The molecule has 10 heteroatoms. The molecule has 0 spiro atoms. The molecule has 2 aromatic rings. The Labute approximate surface area is 201 Å². The first-order valence-electron chi connectivity index (χ1n) is 12.3. The van der Waals surface area contributed by atoms with Crippen molar-refractivity contribution in [1.29, 1.82) is 0 Å². The highest BCUT2D eigenvalue weighted by molar-refractivity contribution is 5.08. The van der Waals surface area contributed by atoms with E-state index < -0.39 is 0 Å². The molecule has 4 rings (SSSR count). The lowest BCUT2D eigenvalue weighted by atomic mass is 9.94. The van der Waals surface area contributed by atoms with Gasteiger partial charge in [-0.1, -0.05) is 19.0 Å². The van der Waals surface area contributed by atoms with Crippen LogP contribution in [0, 0.1) is 0 Å². The Kier molecular flexibility index (Phi) is 10.3. The molecule has 0 atom stereocenters. The van der Waals surface area contributed by atoms with E-state index in [1.165, 1.54) is 0 Å². The smallest absolute Gasteiger partial charge is 0.316 e. The summed E-state index contributed by atoms with van der Waals surface area (Å²) in [6.07, 6.45) is 17.2. The predicted octanol–water partition coefficient (Wildman–Crippen LogP) is 4.73. The molecule has 10 nitrogen and oxygen atoms in total. The minimum absolute atomic E-state index is 0.123. The van der Waals surface area contributed by atoms with Crippen LogP contribution in [0.15, 0.2) is 29.9 Å². The minimum atomic E-state index is 0.123. The number of aryl methyl sites for hydroxylation is 2. The molecule has 0 bridgehead atoms. The molecule has 2 aliphatic rings. The van der Waals surface area contributed by atoms with Gasteiger partial charge in [0.15, 0.2) is 0 Å². The molecule has 184 valence electrons. The number of aromatic nitrogens is 4. The third-order valence-corrected chi connectivity index (χ3v) is 6.30. The zero-order valence-electron chi connectivity index (χ0n) is 20.2. The molecule has 2 saturated carbocycles. The fourth-order valence-corrected chi connectivity index (χ4v) is 4.03. The van der Waals surface area contributed by atoms with E-state index in [2.05, 4.69) is 43.8 Å². The second-order valence-corrected chi connectivity index (χ2v) is 8.86. The van der Waals surface area contributed by atoms with Gasteiger partial charge < -0.3 is 15.2 Å². The summed E-state index contributed by atoms with van der Waals surface area (Å²) >= 11 is 0. The number of nitrogens with zero attached hydrogens (tertiary/aromatic N) is 7. The van der Waals surface area contributed by atoms with Gasteiger partial charge in [0.05, 0.1) is 0 Å². The molecule has 2 N–H and O–H groups in total. The second kappa shape index (κ2) is 13.7. The van der Waals surface area contributed by atoms with Gasteiger partial charge in [-0.25, -0.2) is 19.9 Å². The predicted molar refractivity (Wildman–Crippen MR) is 129 cm³/mol. The van der Waals surface area contributed by atoms with Crippen molar-refractivity contribution in [3.63, 3.8) is 0 Å². The van der Waals surface area contributed by atoms with Gasteiger partial charge in [0.25, 0.3) is 0 Å². The van der Waals surface area contributed by atoms with Crippen molar-refractivity contribution in [2.24, 2.45) is 10.8 Å². The standard InChI is InChI=1S/C12H17N5O.C12H19N3O/c1-2-9-7-14-12(15-8-9)18-11-5-3-10(4-6-11)16-17-13;1-2-9-7-14-12(15-8-9)16-11-5-3-10(13)4-6-11/h7-8,10-11H,2-6H2,1H3;7-8,10-11H,2-6,13H2,1H3. The molecule has 0 unspecified atom stereocenters. The quantitative estimate of drug-likeness (QED) is 0.351. The fourth-order valence-electron chi connectivity index (χ4n) is 4.03. The summed E-state index contributed by atoms with van der Waals surface area (Å²) in [6.45, 7) is 4.15. The van der Waals surface area contributed by atoms with E-state index in [1.54, 1.807) is 12.4 Å². The number of hydrogen-bond acceptors (Lipinski definition) is 8. The van der Waals surface area contributed by atoms with Crippen LogP contribution < -0.4 is 15.2 Å². The topological polar surface area (TPSA) is 145 Å². The van der Waals surface area contributed by atoms with Crippen molar-refractivity contribution in [2.75, 3.05) is 0 Å². The molecule has 2 fully saturated rings. The van der Waals surface area contributed by atoms with Crippen molar-refractivity contribution < 1.29 is 9.47 Å². The summed E-state index contributed by atoms with van der Waals surface area (Å²) in [7, 11) is 0. The van der Waals surface area contributed by atoms with Crippen LogP contribution in [0.2, 0.25) is 0 Å². The molecule has 2 aliphatic carbocycles. The first-order valence-corrected chi connectivity index (χ1v) is 12.3. The van der Waals surface area contributed by atoms with Gasteiger partial charge in [0.2, 0.25) is 0 Å². The van der Waals surface area contributed by atoms with Crippen LogP contribution in [0.1, 0.15) is 76.3 Å². The molecule has 0 radical (unpaired) electrons. The zero-order valence-corrected chi connectivity index (χ0v) is 20.2. The van der Waals surface area contributed by atoms with Crippen LogP contribution in [-0.2, 0) is 12.8 Å². The average molecular weight is 469 g/mol. The largest absolute Gasteiger partial charge is 0.460 e. The van der Waals surface area contributed by atoms with E-state index >= 15 is 0 Å². The van der Waals surface area contributed by atoms with Crippen LogP contribution in [0.4, 0.5) is 0 Å². The summed E-state index contributed by atoms with van der Waals surface area (Å²) in [4.78, 5) is 19.6. The van der Waals surface area contributed by atoms with Crippen LogP contribution in [0.3, 0.4) is 0 Å². The molecule has 0 aliphatic heterocycles. The third-order valence-electron chi connectivity index (χ3n) is 6.30. The normalized spacial score (nSPS) is 24.2. The van der Waals surface area contributed by atoms with Gasteiger partial charge in [0.1, 0.15) is 12.2 Å². The van der Waals surface area contributed by atoms with Crippen molar-refractivity contribution in [3.8, 4) is 12.0 Å². The SMILES string of the molecule is CCc1cnc(OC2CCC(N)CC2)nc1.CCc1cnc(OC2CCC(N=[N+]=[N-])CC2)nc1. The Hall–Kier alpha value is -2.97. The van der Waals surface area contributed by atoms with Gasteiger partial charge in [-0.3, -0.25) is 0 Å². The number of hydrogen-bond donors (Lipinski definition) is 1. The van der Waals surface area contributed by atoms with Gasteiger partial charge in [0, 0.05) is 41.8 Å². The Morgan fingerprint density at radius 2 is 1.21 bits per heavy atom. The van der Waals surface area contributed by atoms with Crippen molar-refractivity contribution in [2.45, 2.75) is 102 Å². The maximum absolute atomic E-state index is 8.38. The molecular weight excluding hydrogens is 432 g/mol. The third kappa shape index (κ3) is 8.43. The summed E-state index contributed by atoms with van der Waals surface area (Å²) in [6, 6.07) is 1.42. The number of ether oxygens (including phenoxy) is 2. The molecular formula is C24H36N8O2. The highest BCUT2D eigenvalue weighted by Crippen LogP contribution is 2.24. The number of rotatable bonds is 7. The van der Waals surface area contributed by atoms with Gasteiger partial charge in [-0.2, -0.15) is 0 Å². The van der Waals surface area contributed by atoms with E-state index in [9.17, 15) is 0 Å². The first kappa shape index (κ1) is 25.6. The summed E-state index contributed by atoms with van der Waals surface area (Å²) in [5.74, 6) is 0. The van der Waals surface area contributed by atoms with Crippen molar-refractivity contribution >= 4 is 0 Å².